The van der Waals surface area contributed by atoms with Crippen LogP contribution in [-0.2, 0) is 9.59 Å². The molecule has 5 heteroatoms. The Labute approximate surface area is 109 Å². The van der Waals surface area contributed by atoms with E-state index in [1.165, 1.54) is 0 Å². The van der Waals surface area contributed by atoms with Crippen molar-refractivity contribution < 1.29 is 14.7 Å². The van der Waals surface area contributed by atoms with Gasteiger partial charge in [0.25, 0.3) is 0 Å². The second-order valence-corrected chi connectivity index (χ2v) is 5.46. The molecular formula is C13H26N2O3. The summed E-state index contributed by atoms with van der Waals surface area (Å²) in [6.07, 6.45) is 1.68. The first-order valence-corrected chi connectivity index (χ1v) is 6.49. The van der Waals surface area contributed by atoms with Gasteiger partial charge in [0.05, 0.1) is 12.6 Å². The van der Waals surface area contributed by atoms with Crippen molar-refractivity contribution in [2.75, 3.05) is 13.2 Å². The molecule has 0 aromatic rings. The lowest BCUT2D eigenvalue weighted by molar-refractivity contribution is -0.128. The topological polar surface area (TPSA) is 78.4 Å². The Balaban J connectivity index is 3.73. The van der Waals surface area contributed by atoms with E-state index in [9.17, 15) is 9.59 Å². The summed E-state index contributed by atoms with van der Waals surface area (Å²) in [6, 6.07) is -0.165. The third-order valence-corrected chi connectivity index (χ3v) is 2.63. The van der Waals surface area contributed by atoms with Gasteiger partial charge < -0.3 is 15.7 Å². The maximum absolute atomic E-state index is 11.5. The van der Waals surface area contributed by atoms with Gasteiger partial charge in [0, 0.05) is 18.4 Å². The molecule has 18 heavy (non-hydrogen) atoms. The first kappa shape index (κ1) is 16.9. The summed E-state index contributed by atoms with van der Waals surface area (Å²) in [6.45, 7) is 7.92. The van der Waals surface area contributed by atoms with Gasteiger partial charge in [-0.25, -0.2) is 0 Å². The van der Waals surface area contributed by atoms with Crippen LogP contribution in [0.5, 0.6) is 0 Å². The maximum atomic E-state index is 11.5. The minimum atomic E-state index is -0.396. The Kier molecular flexibility index (Phi) is 7.59. The molecule has 0 saturated carbocycles. The molecule has 0 spiro atoms. The highest BCUT2D eigenvalue weighted by Crippen LogP contribution is 2.12. The predicted octanol–water partition coefficient (Wildman–Crippen LogP) is 0.816. The van der Waals surface area contributed by atoms with Gasteiger partial charge in [0.2, 0.25) is 11.8 Å². The zero-order chi connectivity index (χ0) is 14.2. The first-order valence-electron chi connectivity index (χ1n) is 6.49. The van der Waals surface area contributed by atoms with Crippen LogP contribution >= 0.6 is 0 Å². The molecule has 0 aliphatic rings. The number of aliphatic hydroxyl groups excluding tert-OH is 1. The molecule has 0 rings (SSSR count). The number of nitrogens with one attached hydrogen (secondary N) is 2. The van der Waals surface area contributed by atoms with E-state index in [0.717, 1.165) is 0 Å². The van der Waals surface area contributed by atoms with Crippen LogP contribution < -0.4 is 10.6 Å². The van der Waals surface area contributed by atoms with Gasteiger partial charge in [0.1, 0.15) is 0 Å². The van der Waals surface area contributed by atoms with Crippen molar-refractivity contribution >= 4 is 11.8 Å². The van der Waals surface area contributed by atoms with Crippen LogP contribution in [0.25, 0.3) is 0 Å². The van der Waals surface area contributed by atoms with Crippen molar-refractivity contribution in [1.29, 1.82) is 0 Å². The van der Waals surface area contributed by atoms with Gasteiger partial charge in [-0.3, -0.25) is 9.59 Å². The minimum absolute atomic E-state index is 0.00954. The molecule has 0 aromatic heterocycles. The van der Waals surface area contributed by atoms with E-state index >= 15 is 0 Å². The van der Waals surface area contributed by atoms with Crippen LogP contribution in [0.1, 0.15) is 47.0 Å². The lowest BCUT2D eigenvalue weighted by Crippen LogP contribution is -2.38. The molecule has 1 unspecified atom stereocenters. The maximum Gasteiger partial charge on any atom is 0.225 e. The molecule has 5 nitrogen and oxygen atoms in total. The molecular weight excluding hydrogens is 232 g/mol. The molecule has 0 aliphatic heterocycles. The highest BCUT2D eigenvalue weighted by molar-refractivity contribution is 5.81. The quantitative estimate of drug-likeness (QED) is 0.591. The Morgan fingerprint density at radius 3 is 2.33 bits per heavy atom. The molecule has 0 fully saturated rings. The summed E-state index contributed by atoms with van der Waals surface area (Å²) in [4.78, 5) is 23.0. The Hall–Kier alpha value is -1.10. The monoisotopic (exact) mass is 258 g/mol. The zero-order valence-electron chi connectivity index (χ0n) is 11.9. The Morgan fingerprint density at radius 2 is 1.89 bits per heavy atom. The van der Waals surface area contributed by atoms with Crippen LogP contribution in [0.2, 0.25) is 0 Å². The average molecular weight is 258 g/mol. The van der Waals surface area contributed by atoms with Gasteiger partial charge in [-0.15, -0.1) is 0 Å². The molecule has 0 aromatic carbocycles. The van der Waals surface area contributed by atoms with Crippen molar-refractivity contribution in [3.05, 3.63) is 0 Å². The third kappa shape index (κ3) is 7.27. The fourth-order valence-electron chi connectivity index (χ4n) is 1.29. The van der Waals surface area contributed by atoms with Crippen molar-refractivity contribution in [1.82, 2.24) is 10.6 Å². The summed E-state index contributed by atoms with van der Waals surface area (Å²) in [7, 11) is 0. The predicted molar refractivity (Wildman–Crippen MR) is 71.0 cm³/mol. The fraction of sp³-hybridized carbons (Fsp3) is 0.846. The van der Waals surface area contributed by atoms with Crippen molar-refractivity contribution in [2.45, 2.75) is 53.0 Å². The van der Waals surface area contributed by atoms with E-state index in [2.05, 4.69) is 10.6 Å². The SMILES string of the molecule is CCC(CO)NC(=O)CCCNC(=O)C(C)(C)C. The standard InChI is InChI=1S/C13H26N2O3/c1-5-10(9-16)15-11(17)7-6-8-14-12(18)13(2,3)4/h10,16H,5-9H2,1-4H3,(H,14,18)(H,15,17). The summed E-state index contributed by atoms with van der Waals surface area (Å²) < 4.78 is 0. The number of rotatable bonds is 7. The summed E-state index contributed by atoms with van der Waals surface area (Å²) in [5.74, 6) is -0.0920. The van der Waals surface area contributed by atoms with E-state index in [1.54, 1.807) is 0 Å². The smallest absolute Gasteiger partial charge is 0.225 e. The van der Waals surface area contributed by atoms with Crippen LogP contribution in [0.4, 0.5) is 0 Å². The molecule has 0 saturated heterocycles. The number of hydrogen-bond acceptors (Lipinski definition) is 3. The molecule has 0 aliphatic carbocycles. The van der Waals surface area contributed by atoms with Crippen LogP contribution in [0, 0.1) is 5.41 Å². The number of amides is 2. The molecule has 0 heterocycles. The number of carbonyl (C=O) groups excluding carboxylic acids is 2. The molecule has 0 bridgehead atoms. The zero-order valence-corrected chi connectivity index (χ0v) is 11.9. The van der Waals surface area contributed by atoms with E-state index in [1.807, 2.05) is 27.7 Å². The van der Waals surface area contributed by atoms with Crippen LogP contribution in [0.3, 0.4) is 0 Å². The molecule has 0 radical (unpaired) electrons. The second-order valence-electron chi connectivity index (χ2n) is 5.46. The lowest BCUT2D eigenvalue weighted by Gasteiger charge is -2.17. The van der Waals surface area contributed by atoms with Gasteiger partial charge in [-0.05, 0) is 12.8 Å². The first-order chi connectivity index (χ1) is 8.31. The molecule has 2 amide bonds. The molecule has 106 valence electrons. The number of aliphatic hydroxyl groups is 1. The van der Waals surface area contributed by atoms with E-state index in [-0.39, 0.29) is 24.5 Å². The Morgan fingerprint density at radius 1 is 1.28 bits per heavy atom. The van der Waals surface area contributed by atoms with Crippen molar-refractivity contribution in [2.24, 2.45) is 5.41 Å². The molecule has 1 atom stereocenters. The van der Waals surface area contributed by atoms with Crippen LogP contribution in [-0.4, -0.2) is 36.1 Å². The van der Waals surface area contributed by atoms with Gasteiger partial charge in [-0.2, -0.15) is 0 Å². The highest BCUT2D eigenvalue weighted by atomic mass is 16.3. The third-order valence-electron chi connectivity index (χ3n) is 2.63. The van der Waals surface area contributed by atoms with Crippen molar-refractivity contribution in [3.63, 3.8) is 0 Å². The van der Waals surface area contributed by atoms with E-state index in [4.69, 9.17) is 5.11 Å². The summed E-state index contributed by atoms with van der Waals surface area (Å²) in [5.41, 5.74) is -0.396. The van der Waals surface area contributed by atoms with E-state index in [0.29, 0.717) is 25.8 Å². The van der Waals surface area contributed by atoms with Crippen molar-refractivity contribution in [3.8, 4) is 0 Å². The average Bonchev–Trinajstić information content (AvgIpc) is 2.30. The second kappa shape index (κ2) is 8.08. The van der Waals surface area contributed by atoms with Crippen LogP contribution in [0.15, 0.2) is 0 Å². The Bertz CT molecular complexity index is 268. The summed E-state index contributed by atoms with van der Waals surface area (Å²) in [5, 5.41) is 14.5. The lowest BCUT2D eigenvalue weighted by atomic mass is 9.96. The van der Waals surface area contributed by atoms with Gasteiger partial charge >= 0.3 is 0 Å². The highest BCUT2D eigenvalue weighted by Gasteiger charge is 2.20. The number of hydrogen-bond donors (Lipinski definition) is 3. The van der Waals surface area contributed by atoms with Gasteiger partial charge in [-0.1, -0.05) is 27.7 Å². The molecule has 3 N–H and O–H groups in total. The van der Waals surface area contributed by atoms with E-state index < -0.39 is 5.41 Å². The van der Waals surface area contributed by atoms with Gasteiger partial charge in [0.15, 0.2) is 0 Å². The fourth-order valence-corrected chi connectivity index (χ4v) is 1.29. The number of carbonyl (C=O) groups is 2. The summed E-state index contributed by atoms with van der Waals surface area (Å²) >= 11 is 0. The largest absolute Gasteiger partial charge is 0.394 e. The normalized spacial score (nSPS) is 12.9. The minimum Gasteiger partial charge on any atom is -0.394 e.